The summed E-state index contributed by atoms with van der Waals surface area (Å²) < 4.78 is 18.7. The van der Waals surface area contributed by atoms with Crippen LogP contribution in [0.25, 0.3) is 0 Å². The van der Waals surface area contributed by atoms with Gasteiger partial charge in [-0.05, 0) is 30.3 Å². The predicted molar refractivity (Wildman–Crippen MR) is 118 cm³/mol. The third-order valence-corrected chi connectivity index (χ3v) is 5.78. The summed E-state index contributed by atoms with van der Waals surface area (Å²) in [7, 11) is 1.64. The van der Waals surface area contributed by atoms with Crippen molar-refractivity contribution in [3.05, 3.63) is 71.0 Å². The number of anilines is 2. The number of ether oxygens (including phenoxy) is 1. The van der Waals surface area contributed by atoms with Crippen molar-refractivity contribution in [1.82, 2.24) is 9.88 Å². The summed E-state index contributed by atoms with van der Waals surface area (Å²) in [6, 6.07) is 13.2. The van der Waals surface area contributed by atoms with Crippen LogP contribution in [-0.2, 0) is 0 Å². The highest BCUT2D eigenvalue weighted by Crippen LogP contribution is 2.28. The van der Waals surface area contributed by atoms with E-state index in [1.807, 2.05) is 24.3 Å². The van der Waals surface area contributed by atoms with Crippen LogP contribution in [0.2, 0.25) is 0 Å². The smallest absolute Gasteiger partial charge is 0.273 e. The molecule has 2 amide bonds. The molecule has 2 aromatic carbocycles. The van der Waals surface area contributed by atoms with E-state index in [2.05, 4.69) is 15.2 Å². The molecule has 3 aromatic rings. The molecule has 0 radical (unpaired) electrons. The second kappa shape index (κ2) is 9.13. The first-order chi connectivity index (χ1) is 15.0. The van der Waals surface area contributed by atoms with Gasteiger partial charge in [0.15, 0.2) is 5.13 Å². The van der Waals surface area contributed by atoms with Crippen LogP contribution in [-0.4, -0.2) is 55.0 Å². The van der Waals surface area contributed by atoms with Crippen LogP contribution in [0.1, 0.15) is 20.8 Å². The van der Waals surface area contributed by atoms with Crippen molar-refractivity contribution in [1.29, 1.82) is 0 Å². The van der Waals surface area contributed by atoms with Crippen molar-refractivity contribution in [3.8, 4) is 5.75 Å². The van der Waals surface area contributed by atoms with Gasteiger partial charge in [0, 0.05) is 37.1 Å². The Hall–Kier alpha value is -3.46. The van der Waals surface area contributed by atoms with Crippen molar-refractivity contribution in [2.45, 2.75) is 0 Å². The number of hydrogen-bond acceptors (Lipinski definition) is 6. The van der Waals surface area contributed by atoms with Gasteiger partial charge in [-0.15, -0.1) is 11.3 Å². The molecule has 4 rings (SSSR count). The average molecular weight is 441 g/mol. The van der Waals surface area contributed by atoms with E-state index in [4.69, 9.17) is 4.74 Å². The number of carbonyl (C=O) groups excluding carboxylic acids is 2. The molecule has 0 aliphatic carbocycles. The summed E-state index contributed by atoms with van der Waals surface area (Å²) in [6.45, 7) is 2.47. The molecule has 0 unspecified atom stereocenters. The van der Waals surface area contributed by atoms with E-state index < -0.39 is 11.7 Å². The molecule has 1 N–H and O–H groups in total. The normalized spacial score (nSPS) is 13.7. The highest BCUT2D eigenvalue weighted by Gasteiger charge is 2.25. The number of benzene rings is 2. The van der Waals surface area contributed by atoms with E-state index in [9.17, 15) is 14.0 Å². The molecular formula is C22H21FN4O3S. The third kappa shape index (κ3) is 4.66. The Balaban J connectivity index is 1.37. The topological polar surface area (TPSA) is 74.8 Å². The average Bonchev–Trinajstić information content (AvgIpc) is 3.27. The van der Waals surface area contributed by atoms with E-state index in [1.165, 1.54) is 18.2 Å². The van der Waals surface area contributed by atoms with Crippen LogP contribution in [0.15, 0.2) is 53.9 Å². The SMILES string of the molecule is COc1ccccc1N1CCN(C(=O)c2csc(NC(=O)c3cccc(F)c3)n2)CC1. The van der Waals surface area contributed by atoms with Gasteiger partial charge in [0.2, 0.25) is 0 Å². The zero-order valence-electron chi connectivity index (χ0n) is 16.9. The minimum atomic E-state index is -0.491. The Kier molecular flexibility index (Phi) is 6.13. The van der Waals surface area contributed by atoms with Crippen molar-refractivity contribution in [2.75, 3.05) is 43.5 Å². The predicted octanol–water partition coefficient (Wildman–Crippen LogP) is 3.51. The molecule has 31 heavy (non-hydrogen) atoms. The first kappa shape index (κ1) is 20.8. The van der Waals surface area contributed by atoms with Gasteiger partial charge in [-0.2, -0.15) is 0 Å². The zero-order chi connectivity index (χ0) is 21.8. The lowest BCUT2D eigenvalue weighted by Crippen LogP contribution is -2.49. The first-order valence-electron chi connectivity index (χ1n) is 9.75. The van der Waals surface area contributed by atoms with Gasteiger partial charge in [0.05, 0.1) is 12.8 Å². The highest BCUT2D eigenvalue weighted by molar-refractivity contribution is 7.14. The number of aromatic nitrogens is 1. The van der Waals surface area contributed by atoms with Gasteiger partial charge < -0.3 is 14.5 Å². The molecule has 7 nitrogen and oxygen atoms in total. The molecule has 9 heteroatoms. The molecule has 2 heterocycles. The maximum absolute atomic E-state index is 13.3. The van der Waals surface area contributed by atoms with Gasteiger partial charge in [0.1, 0.15) is 17.3 Å². The summed E-state index contributed by atoms with van der Waals surface area (Å²) in [4.78, 5) is 33.3. The minimum absolute atomic E-state index is 0.179. The lowest BCUT2D eigenvalue weighted by molar-refractivity contribution is 0.0741. The molecule has 0 atom stereocenters. The van der Waals surface area contributed by atoms with E-state index in [1.54, 1.807) is 17.4 Å². The lowest BCUT2D eigenvalue weighted by atomic mass is 10.2. The van der Waals surface area contributed by atoms with Crippen LogP contribution in [0.3, 0.4) is 0 Å². The maximum Gasteiger partial charge on any atom is 0.273 e. The lowest BCUT2D eigenvalue weighted by Gasteiger charge is -2.36. The number of rotatable bonds is 5. The summed E-state index contributed by atoms with van der Waals surface area (Å²) in [6.07, 6.45) is 0. The molecular weight excluding hydrogens is 419 g/mol. The van der Waals surface area contributed by atoms with E-state index in [0.717, 1.165) is 28.8 Å². The molecule has 0 saturated carbocycles. The molecule has 0 spiro atoms. The summed E-state index contributed by atoms with van der Waals surface area (Å²) in [5, 5.41) is 4.53. The first-order valence-corrected chi connectivity index (χ1v) is 10.6. The van der Waals surface area contributed by atoms with Crippen molar-refractivity contribution in [3.63, 3.8) is 0 Å². The van der Waals surface area contributed by atoms with Gasteiger partial charge in [0.25, 0.3) is 11.8 Å². The van der Waals surface area contributed by atoms with Gasteiger partial charge in [-0.3, -0.25) is 14.9 Å². The maximum atomic E-state index is 13.3. The summed E-state index contributed by atoms with van der Waals surface area (Å²) in [5.41, 5.74) is 1.48. The number of nitrogens with one attached hydrogen (secondary N) is 1. The largest absolute Gasteiger partial charge is 0.495 e. The van der Waals surface area contributed by atoms with Gasteiger partial charge >= 0.3 is 0 Å². The van der Waals surface area contributed by atoms with Crippen LogP contribution < -0.4 is 15.0 Å². The second-order valence-electron chi connectivity index (χ2n) is 6.95. The zero-order valence-corrected chi connectivity index (χ0v) is 17.7. The van der Waals surface area contributed by atoms with Crippen molar-refractivity contribution >= 4 is 34.0 Å². The Morgan fingerprint density at radius 2 is 1.87 bits per heavy atom. The van der Waals surface area contributed by atoms with E-state index >= 15 is 0 Å². The molecule has 1 aliphatic rings. The fraction of sp³-hybridized carbons (Fsp3) is 0.227. The van der Waals surface area contributed by atoms with Gasteiger partial charge in [-0.1, -0.05) is 18.2 Å². The highest BCUT2D eigenvalue weighted by atomic mass is 32.1. The summed E-state index contributed by atoms with van der Waals surface area (Å²) in [5.74, 6) is -0.337. The number of halogens is 1. The quantitative estimate of drug-likeness (QED) is 0.657. The molecule has 160 valence electrons. The standard InChI is InChI=1S/C22H21FN4O3S/c1-30-19-8-3-2-7-18(19)26-9-11-27(12-10-26)21(29)17-14-31-22(24-17)25-20(28)15-5-4-6-16(23)13-15/h2-8,13-14H,9-12H2,1H3,(H,24,25,28). The number of methoxy groups -OCH3 is 1. The van der Waals surface area contributed by atoms with Gasteiger partial charge in [-0.25, -0.2) is 9.37 Å². The Labute approximate surface area is 183 Å². The second-order valence-corrected chi connectivity index (χ2v) is 7.81. The Bertz CT molecular complexity index is 1100. The monoisotopic (exact) mass is 440 g/mol. The van der Waals surface area contributed by atoms with Crippen LogP contribution >= 0.6 is 11.3 Å². The molecule has 1 fully saturated rings. The fourth-order valence-corrected chi connectivity index (χ4v) is 4.11. The van der Waals surface area contributed by atoms with Crippen molar-refractivity contribution in [2.24, 2.45) is 0 Å². The number of nitrogens with zero attached hydrogens (tertiary/aromatic N) is 3. The van der Waals surface area contributed by atoms with Crippen LogP contribution in [0.4, 0.5) is 15.2 Å². The third-order valence-electron chi connectivity index (χ3n) is 5.02. The van der Waals surface area contributed by atoms with E-state index in [-0.39, 0.29) is 17.2 Å². The number of carbonyl (C=O) groups is 2. The molecule has 1 aliphatic heterocycles. The number of piperazine rings is 1. The van der Waals surface area contributed by atoms with Crippen molar-refractivity contribution < 1.29 is 18.7 Å². The van der Waals surface area contributed by atoms with E-state index in [0.29, 0.717) is 31.3 Å². The summed E-state index contributed by atoms with van der Waals surface area (Å²) >= 11 is 1.16. The number of hydrogen-bond donors (Lipinski definition) is 1. The Morgan fingerprint density at radius 1 is 1.10 bits per heavy atom. The fourth-order valence-electron chi connectivity index (χ4n) is 3.43. The number of para-hydroxylation sites is 2. The number of thiazole rings is 1. The minimum Gasteiger partial charge on any atom is -0.495 e. The molecule has 0 bridgehead atoms. The Morgan fingerprint density at radius 3 is 2.61 bits per heavy atom. The van der Waals surface area contributed by atoms with Crippen LogP contribution in [0.5, 0.6) is 5.75 Å². The van der Waals surface area contributed by atoms with Crippen LogP contribution in [0, 0.1) is 5.82 Å². The molecule has 1 aromatic heterocycles. The number of amides is 2. The molecule has 1 saturated heterocycles.